The molecule has 7 heteroatoms. The van der Waals surface area contributed by atoms with Gasteiger partial charge in [0.1, 0.15) is 6.04 Å². The second-order valence-corrected chi connectivity index (χ2v) is 7.35. The Balaban J connectivity index is 4.57. The topological polar surface area (TPSA) is 84.5 Å². The molecule has 0 aliphatic rings. The van der Waals surface area contributed by atoms with Gasteiger partial charge in [-0.3, -0.25) is 9.59 Å². The number of unbranched alkanes of at least 4 members (excludes halogenated alkanes) is 3. The maximum Gasteiger partial charge on any atom is 0.330 e. The van der Waals surface area contributed by atoms with E-state index in [1.54, 1.807) is 0 Å². The van der Waals surface area contributed by atoms with E-state index in [-0.39, 0.29) is 18.4 Å². The molecule has 0 heterocycles. The molecule has 2 amide bonds. The third-order valence-corrected chi connectivity index (χ3v) is 3.49. The van der Waals surface area contributed by atoms with Crippen molar-refractivity contribution in [3.63, 3.8) is 0 Å². The number of carbonyl (C=O) groups is 3. The van der Waals surface area contributed by atoms with E-state index < -0.39 is 12.0 Å². The van der Waals surface area contributed by atoms with Gasteiger partial charge in [-0.15, -0.1) is 0 Å². The Bertz CT molecular complexity index is 419. The van der Waals surface area contributed by atoms with Crippen LogP contribution in [-0.2, 0) is 19.1 Å². The maximum atomic E-state index is 12.2. The van der Waals surface area contributed by atoms with Gasteiger partial charge in [0.15, 0.2) is 6.54 Å². The van der Waals surface area contributed by atoms with Crippen LogP contribution in [0.5, 0.6) is 0 Å². The first-order valence-electron chi connectivity index (χ1n) is 9.22. The molecule has 0 saturated carbocycles. The predicted octanol–water partition coefficient (Wildman–Crippen LogP) is 1.22. The summed E-state index contributed by atoms with van der Waals surface area (Å²) in [5.74, 6) is -0.858. The van der Waals surface area contributed by atoms with Crippen LogP contribution in [0.2, 0.25) is 0 Å². The average Bonchev–Trinajstić information content (AvgIpc) is 2.51. The van der Waals surface area contributed by atoms with Crippen LogP contribution in [0.3, 0.4) is 0 Å². The molecule has 2 N–H and O–H groups in total. The van der Waals surface area contributed by atoms with Gasteiger partial charge in [-0.25, -0.2) is 4.79 Å². The zero-order valence-corrected chi connectivity index (χ0v) is 16.5. The molecule has 25 heavy (non-hydrogen) atoms. The van der Waals surface area contributed by atoms with Crippen molar-refractivity contribution in [2.24, 2.45) is 0 Å². The molecule has 0 spiro atoms. The van der Waals surface area contributed by atoms with Gasteiger partial charge in [0, 0.05) is 13.0 Å². The number of likely N-dealkylation sites (N-methyl/N-ethyl adjacent to an activating group) is 1. The van der Waals surface area contributed by atoms with Crippen molar-refractivity contribution in [3.8, 4) is 0 Å². The standard InChI is InChI=1S/C18H35N3O4/c1-6-8-10-12-25-18(24)15(20-16(22)11-9-7-2)13-19-17(23)14-21(3,4)5/h15H,6-14H2,1-5H3,(H-,19,20,22,23)/p+1/t15-/m0/s1. The van der Waals surface area contributed by atoms with Crippen LogP contribution in [0, 0.1) is 0 Å². The molecule has 146 valence electrons. The van der Waals surface area contributed by atoms with E-state index >= 15 is 0 Å². The number of esters is 1. The zero-order valence-electron chi connectivity index (χ0n) is 16.5. The number of nitrogens with zero attached hydrogens (tertiary/aromatic N) is 1. The fourth-order valence-corrected chi connectivity index (χ4v) is 2.13. The van der Waals surface area contributed by atoms with Crippen LogP contribution in [-0.4, -0.2) is 69.1 Å². The van der Waals surface area contributed by atoms with Crippen LogP contribution < -0.4 is 10.6 Å². The minimum atomic E-state index is -0.845. The number of hydrogen-bond acceptors (Lipinski definition) is 4. The third-order valence-electron chi connectivity index (χ3n) is 3.49. The minimum absolute atomic E-state index is 0.0449. The Morgan fingerprint density at radius 1 is 0.960 bits per heavy atom. The van der Waals surface area contributed by atoms with E-state index in [1.165, 1.54) is 0 Å². The van der Waals surface area contributed by atoms with Crippen molar-refractivity contribution in [1.82, 2.24) is 10.6 Å². The normalized spacial score (nSPS) is 12.4. The van der Waals surface area contributed by atoms with Crippen LogP contribution in [0.25, 0.3) is 0 Å². The van der Waals surface area contributed by atoms with Crippen molar-refractivity contribution in [1.29, 1.82) is 0 Å². The van der Waals surface area contributed by atoms with Gasteiger partial charge in [0.05, 0.1) is 27.7 Å². The molecule has 0 radical (unpaired) electrons. The van der Waals surface area contributed by atoms with Gasteiger partial charge in [-0.1, -0.05) is 33.1 Å². The molecule has 0 aromatic carbocycles. The number of rotatable bonds is 13. The van der Waals surface area contributed by atoms with Crippen molar-refractivity contribution >= 4 is 17.8 Å². The number of nitrogens with one attached hydrogen (secondary N) is 2. The molecule has 0 fully saturated rings. The summed E-state index contributed by atoms with van der Waals surface area (Å²) in [4.78, 5) is 36.1. The lowest BCUT2D eigenvalue weighted by Crippen LogP contribution is -2.51. The molecule has 0 aliphatic heterocycles. The van der Waals surface area contributed by atoms with Gasteiger partial charge < -0.3 is 19.9 Å². The highest BCUT2D eigenvalue weighted by Crippen LogP contribution is 1.99. The lowest BCUT2D eigenvalue weighted by atomic mass is 10.2. The van der Waals surface area contributed by atoms with Crippen LogP contribution in [0.15, 0.2) is 0 Å². The molecule has 0 bridgehead atoms. The summed E-state index contributed by atoms with van der Waals surface area (Å²) in [6, 6.07) is -0.845. The summed E-state index contributed by atoms with van der Waals surface area (Å²) in [6.45, 7) is 4.74. The summed E-state index contributed by atoms with van der Waals surface area (Å²) in [6.07, 6.45) is 4.85. The molecule has 0 aliphatic carbocycles. The van der Waals surface area contributed by atoms with Gasteiger partial charge in [0.2, 0.25) is 5.91 Å². The molecular weight excluding hydrogens is 322 g/mol. The Morgan fingerprint density at radius 2 is 1.60 bits per heavy atom. The molecule has 0 unspecified atom stereocenters. The highest BCUT2D eigenvalue weighted by Gasteiger charge is 2.24. The van der Waals surface area contributed by atoms with Gasteiger partial charge in [-0.2, -0.15) is 0 Å². The molecule has 7 nitrogen and oxygen atoms in total. The number of ether oxygens (including phenoxy) is 1. The van der Waals surface area contributed by atoms with E-state index in [1.807, 2.05) is 28.1 Å². The van der Waals surface area contributed by atoms with Gasteiger partial charge in [0.25, 0.3) is 5.91 Å². The first kappa shape index (κ1) is 23.4. The molecular formula is C18H36N3O4+. The lowest BCUT2D eigenvalue weighted by Gasteiger charge is -2.24. The summed E-state index contributed by atoms with van der Waals surface area (Å²) in [7, 11) is 5.72. The van der Waals surface area contributed by atoms with Crippen LogP contribution >= 0.6 is 0 Å². The quantitative estimate of drug-likeness (QED) is 0.294. The lowest BCUT2D eigenvalue weighted by molar-refractivity contribution is -0.862. The first-order chi connectivity index (χ1) is 11.7. The van der Waals surface area contributed by atoms with Gasteiger partial charge >= 0.3 is 5.97 Å². The fourth-order valence-electron chi connectivity index (χ4n) is 2.13. The SMILES string of the molecule is CCCCCOC(=O)[C@H](CNC(=O)C[N+](C)(C)C)NC(=O)CCCC. The number of hydrogen-bond donors (Lipinski definition) is 2. The molecule has 1 atom stereocenters. The summed E-state index contributed by atoms with van der Waals surface area (Å²) in [5, 5.41) is 5.39. The second kappa shape index (κ2) is 12.7. The van der Waals surface area contributed by atoms with Crippen molar-refractivity contribution < 1.29 is 23.6 Å². The van der Waals surface area contributed by atoms with Crippen LogP contribution in [0.4, 0.5) is 0 Å². The van der Waals surface area contributed by atoms with E-state index in [2.05, 4.69) is 17.6 Å². The third kappa shape index (κ3) is 13.3. The first-order valence-corrected chi connectivity index (χ1v) is 9.22. The van der Waals surface area contributed by atoms with E-state index in [0.717, 1.165) is 32.1 Å². The maximum absolute atomic E-state index is 12.2. The van der Waals surface area contributed by atoms with E-state index in [0.29, 0.717) is 24.1 Å². The fraction of sp³-hybridized carbons (Fsp3) is 0.833. The minimum Gasteiger partial charge on any atom is -0.464 e. The average molecular weight is 359 g/mol. The Hall–Kier alpha value is -1.63. The number of amides is 2. The highest BCUT2D eigenvalue weighted by molar-refractivity contribution is 5.85. The van der Waals surface area contributed by atoms with E-state index in [4.69, 9.17) is 4.74 Å². The Morgan fingerprint density at radius 3 is 2.16 bits per heavy atom. The smallest absolute Gasteiger partial charge is 0.330 e. The number of quaternary nitrogens is 1. The molecule has 0 saturated heterocycles. The monoisotopic (exact) mass is 358 g/mol. The van der Waals surface area contributed by atoms with Crippen molar-refractivity contribution in [2.45, 2.75) is 58.4 Å². The summed E-state index contributed by atoms with van der Waals surface area (Å²) in [5.41, 5.74) is 0. The molecule has 0 aromatic rings. The van der Waals surface area contributed by atoms with Crippen molar-refractivity contribution in [3.05, 3.63) is 0 Å². The summed E-state index contributed by atoms with van der Waals surface area (Å²) < 4.78 is 5.72. The zero-order chi connectivity index (χ0) is 19.3. The second-order valence-electron chi connectivity index (χ2n) is 7.35. The largest absolute Gasteiger partial charge is 0.464 e. The van der Waals surface area contributed by atoms with Crippen molar-refractivity contribution in [2.75, 3.05) is 40.8 Å². The Kier molecular flexibility index (Phi) is 11.9. The van der Waals surface area contributed by atoms with E-state index in [9.17, 15) is 14.4 Å². The predicted molar refractivity (Wildman–Crippen MR) is 97.8 cm³/mol. The Labute approximate surface area is 152 Å². The van der Waals surface area contributed by atoms with Gasteiger partial charge in [-0.05, 0) is 12.8 Å². The number of carbonyl (C=O) groups excluding carboxylic acids is 3. The molecule has 0 aromatic heterocycles. The van der Waals surface area contributed by atoms with Crippen LogP contribution in [0.1, 0.15) is 52.4 Å². The summed E-state index contributed by atoms with van der Waals surface area (Å²) >= 11 is 0. The molecule has 0 rings (SSSR count). The highest BCUT2D eigenvalue weighted by atomic mass is 16.5.